The SMILES string of the molecule is O=C(O)[C@@H]1CC(O)CN1C(=O)c1cc(F)ccc1O. The molecule has 1 saturated heterocycles. The van der Waals surface area contributed by atoms with Crippen LogP contribution in [-0.2, 0) is 4.79 Å². The van der Waals surface area contributed by atoms with E-state index in [1.807, 2.05) is 0 Å². The molecule has 1 aromatic carbocycles. The van der Waals surface area contributed by atoms with E-state index in [1.54, 1.807) is 0 Å². The number of aliphatic carboxylic acids is 1. The number of benzene rings is 1. The van der Waals surface area contributed by atoms with Gasteiger partial charge in [-0.3, -0.25) is 4.79 Å². The topological polar surface area (TPSA) is 98.1 Å². The summed E-state index contributed by atoms with van der Waals surface area (Å²) in [4.78, 5) is 24.0. The van der Waals surface area contributed by atoms with Crippen molar-refractivity contribution in [1.29, 1.82) is 0 Å². The van der Waals surface area contributed by atoms with Gasteiger partial charge in [0.15, 0.2) is 0 Å². The summed E-state index contributed by atoms with van der Waals surface area (Å²) in [5.74, 6) is -3.22. The number of phenolic OH excluding ortho intramolecular Hbond substituents is 1. The highest BCUT2D eigenvalue weighted by Crippen LogP contribution is 2.25. The van der Waals surface area contributed by atoms with Crippen molar-refractivity contribution in [3.8, 4) is 5.75 Å². The molecule has 0 saturated carbocycles. The smallest absolute Gasteiger partial charge is 0.326 e. The predicted octanol–water partition coefficient (Wildman–Crippen LogP) is 0.191. The summed E-state index contributed by atoms with van der Waals surface area (Å²) in [6, 6.07) is 1.66. The number of hydrogen-bond donors (Lipinski definition) is 3. The average molecular weight is 269 g/mol. The zero-order valence-electron chi connectivity index (χ0n) is 9.78. The summed E-state index contributed by atoms with van der Waals surface area (Å²) in [6.45, 7) is -0.161. The Kier molecular flexibility index (Phi) is 3.39. The van der Waals surface area contributed by atoms with Gasteiger partial charge in [0, 0.05) is 13.0 Å². The number of carboxylic acid groups (broad SMARTS) is 1. The summed E-state index contributed by atoms with van der Waals surface area (Å²) >= 11 is 0. The fourth-order valence-electron chi connectivity index (χ4n) is 2.11. The van der Waals surface area contributed by atoms with Crippen LogP contribution in [-0.4, -0.2) is 50.8 Å². The Balaban J connectivity index is 2.33. The van der Waals surface area contributed by atoms with Crippen molar-refractivity contribution < 1.29 is 29.3 Å². The number of hydrogen-bond acceptors (Lipinski definition) is 4. The second-order valence-electron chi connectivity index (χ2n) is 4.36. The van der Waals surface area contributed by atoms with Gasteiger partial charge in [0.2, 0.25) is 0 Å². The van der Waals surface area contributed by atoms with Crippen molar-refractivity contribution in [2.75, 3.05) is 6.54 Å². The number of β-amino-alcohol motifs (C(OH)–C–C–N with tert-alkyl or cyclic N) is 1. The summed E-state index contributed by atoms with van der Waals surface area (Å²) in [6.07, 6.45) is -1.03. The van der Waals surface area contributed by atoms with E-state index in [4.69, 9.17) is 5.11 Å². The number of rotatable bonds is 2. The number of aliphatic hydroxyl groups is 1. The van der Waals surface area contributed by atoms with Crippen LogP contribution in [0.2, 0.25) is 0 Å². The minimum atomic E-state index is -1.25. The Hall–Kier alpha value is -2.15. The molecule has 2 atom stereocenters. The molecular formula is C12H12FNO5. The van der Waals surface area contributed by atoms with Crippen LogP contribution in [0, 0.1) is 5.82 Å². The predicted molar refractivity (Wildman–Crippen MR) is 61.1 cm³/mol. The van der Waals surface area contributed by atoms with Crippen molar-refractivity contribution >= 4 is 11.9 Å². The van der Waals surface area contributed by atoms with Gasteiger partial charge in [0.05, 0.1) is 11.7 Å². The van der Waals surface area contributed by atoms with Crippen LogP contribution < -0.4 is 0 Å². The van der Waals surface area contributed by atoms with Crippen molar-refractivity contribution in [3.63, 3.8) is 0 Å². The molecule has 19 heavy (non-hydrogen) atoms. The van der Waals surface area contributed by atoms with E-state index in [1.165, 1.54) is 0 Å². The van der Waals surface area contributed by atoms with Gasteiger partial charge in [0.25, 0.3) is 5.91 Å². The fourth-order valence-corrected chi connectivity index (χ4v) is 2.11. The van der Waals surface area contributed by atoms with E-state index in [2.05, 4.69) is 0 Å². The lowest BCUT2D eigenvalue weighted by Gasteiger charge is -2.21. The van der Waals surface area contributed by atoms with Crippen molar-refractivity contribution in [1.82, 2.24) is 4.90 Å². The van der Waals surface area contributed by atoms with E-state index < -0.39 is 35.6 Å². The van der Waals surface area contributed by atoms with Gasteiger partial charge in [-0.25, -0.2) is 9.18 Å². The van der Waals surface area contributed by atoms with E-state index >= 15 is 0 Å². The number of halogens is 1. The van der Waals surface area contributed by atoms with Crippen LogP contribution in [0.15, 0.2) is 18.2 Å². The summed E-state index contributed by atoms with van der Waals surface area (Å²) in [5.41, 5.74) is -0.319. The van der Waals surface area contributed by atoms with Gasteiger partial charge in [-0.1, -0.05) is 0 Å². The third-order valence-corrected chi connectivity index (χ3v) is 3.01. The molecule has 0 aliphatic carbocycles. The molecule has 6 nitrogen and oxygen atoms in total. The molecule has 1 aliphatic heterocycles. The lowest BCUT2D eigenvalue weighted by Crippen LogP contribution is -2.40. The molecule has 1 amide bonds. The van der Waals surface area contributed by atoms with Crippen LogP contribution in [0.25, 0.3) is 0 Å². The lowest BCUT2D eigenvalue weighted by molar-refractivity contribution is -0.141. The maximum Gasteiger partial charge on any atom is 0.326 e. The maximum absolute atomic E-state index is 13.1. The Bertz CT molecular complexity index is 533. The first-order chi connectivity index (χ1) is 8.90. The van der Waals surface area contributed by atoms with Gasteiger partial charge < -0.3 is 20.2 Å². The molecule has 1 aromatic rings. The first-order valence-corrected chi connectivity index (χ1v) is 5.60. The zero-order chi connectivity index (χ0) is 14.2. The highest BCUT2D eigenvalue weighted by atomic mass is 19.1. The Morgan fingerprint density at radius 3 is 2.68 bits per heavy atom. The highest BCUT2D eigenvalue weighted by Gasteiger charge is 2.39. The number of phenols is 1. The van der Waals surface area contributed by atoms with Gasteiger partial charge in [-0.05, 0) is 18.2 Å². The minimum absolute atomic E-state index is 0.0862. The quantitative estimate of drug-likeness (QED) is 0.712. The Labute approximate surface area is 107 Å². The third-order valence-electron chi connectivity index (χ3n) is 3.01. The van der Waals surface area contributed by atoms with Gasteiger partial charge in [-0.15, -0.1) is 0 Å². The molecule has 3 N–H and O–H groups in total. The Morgan fingerprint density at radius 2 is 2.05 bits per heavy atom. The van der Waals surface area contributed by atoms with Crippen molar-refractivity contribution in [2.45, 2.75) is 18.6 Å². The minimum Gasteiger partial charge on any atom is -0.507 e. The number of carbonyl (C=O) groups excluding carboxylic acids is 1. The van der Waals surface area contributed by atoms with Crippen LogP contribution in [0.5, 0.6) is 5.75 Å². The Morgan fingerprint density at radius 1 is 1.37 bits per heavy atom. The third kappa shape index (κ3) is 2.50. The zero-order valence-corrected chi connectivity index (χ0v) is 9.78. The normalized spacial score (nSPS) is 22.5. The molecule has 0 aromatic heterocycles. The summed E-state index contributed by atoms with van der Waals surface area (Å²) in [5, 5.41) is 28.0. The number of carbonyl (C=O) groups is 2. The number of carboxylic acids is 1. The van der Waals surface area contributed by atoms with Crippen molar-refractivity contribution in [3.05, 3.63) is 29.6 Å². The van der Waals surface area contributed by atoms with Crippen molar-refractivity contribution in [2.24, 2.45) is 0 Å². The molecule has 0 radical (unpaired) electrons. The average Bonchev–Trinajstić information content (AvgIpc) is 2.74. The van der Waals surface area contributed by atoms with Crippen LogP contribution >= 0.6 is 0 Å². The largest absolute Gasteiger partial charge is 0.507 e. The van der Waals surface area contributed by atoms with E-state index in [0.717, 1.165) is 23.1 Å². The van der Waals surface area contributed by atoms with Crippen LogP contribution in [0.4, 0.5) is 4.39 Å². The van der Waals surface area contributed by atoms with Crippen LogP contribution in [0.3, 0.4) is 0 Å². The maximum atomic E-state index is 13.1. The fraction of sp³-hybridized carbons (Fsp3) is 0.333. The van der Waals surface area contributed by atoms with E-state index in [9.17, 15) is 24.2 Å². The standard InChI is InChI=1S/C12H12FNO5/c13-6-1-2-10(16)8(3-6)11(17)14-5-7(15)4-9(14)12(18)19/h1-3,7,9,15-16H,4-5H2,(H,18,19)/t7?,9-/m0/s1. The molecule has 1 aliphatic rings. The number of aliphatic hydroxyl groups excluding tert-OH is 1. The molecule has 7 heteroatoms. The number of nitrogens with zero attached hydrogens (tertiary/aromatic N) is 1. The molecule has 1 fully saturated rings. The van der Waals surface area contributed by atoms with Crippen LogP contribution in [0.1, 0.15) is 16.8 Å². The first kappa shape index (κ1) is 13.3. The first-order valence-electron chi connectivity index (χ1n) is 5.60. The number of likely N-dealkylation sites (tertiary alicyclic amines) is 1. The summed E-state index contributed by atoms with van der Waals surface area (Å²) < 4.78 is 13.1. The van der Waals surface area contributed by atoms with E-state index in [0.29, 0.717) is 0 Å². The van der Waals surface area contributed by atoms with Gasteiger partial charge >= 0.3 is 5.97 Å². The molecule has 0 spiro atoms. The monoisotopic (exact) mass is 269 g/mol. The lowest BCUT2D eigenvalue weighted by atomic mass is 10.1. The second-order valence-corrected chi connectivity index (χ2v) is 4.36. The molecule has 1 heterocycles. The molecule has 1 unspecified atom stereocenters. The molecule has 102 valence electrons. The van der Waals surface area contributed by atoms with Gasteiger partial charge in [0.1, 0.15) is 17.6 Å². The highest BCUT2D eigenvalue weighted by molar-refractivity contribution is 5.99. The molecule has 0 bridgehead atoms. The number of aromatic hydroxyl groups is 1. The second kappa shape index (κ2) is 4.85. The molecule has 2 rings (SSSR count). The van der Waals surface area contributed by atoms with E-state index in [-0.39, 0.29) is 18.5 Å². The van der Waals surface area contributed by atoms with Gasteiger partial charge in [-0.2, -0.15) is 0 Å². The molecular weight excluding hydrogens is 257 g/mol. The number of amides is 1. The summed E-state index contributed by atoms with van der Waals surface area (Å²) in [7, 11) is 0.